The van der Waals surface area contributed by atoms with Crippen LogP contribution in [0.15, 0.2) is 24.3 Å². The van der Waals surface area contributed by atoms with E-state index in [0.717, 1.165) is 13.2 Å². The maximum absolute atomic E-state index is 11.0. The summed E-state index contributed by atoms with van der Waals surface area (Å²) in [6.07, 6.45) is 16.7. The Morgan fingerprint density at radius 3 is 1.63 bits per heavy atom. The summed E-state index contributed by atoms with van der Waals surface area (Å²) in [6, 6.07) is 8.35. The Hall–Kier alpha value is -1.27. The van der Waals surface area contributed by atoms with Crippen LogP contribution in [0.3, 0.4) is 0 Å². The summed E-state index contributed by atoms with van der Waals surface area (Å²) in [6.45, 7) is 4.77. The summed E-state index contributed by atoms with van der Waals surface area (Å²) in [5.41, 5.74) is 2.42. The van der Waals surface area contributed by atoms with E-state index in [9.17, 15) is 8.42 Å². The predicted molar refractivity (Wildman–Crippen MR) is 128 cm³/mol. The summed E-state index contributed by atoms with van der Waals surface area (Å²) >= 11 is 0. The fraction of sp³-hybridized carbons (Fsp3) is 0.750. The van der Waals surface area contributed by atoms with Crippen LogP contribution in [-0.2, 0) is 10.1 Å². The number of benzene rings is 1. The fourth-order valence-electron chi connectivity index (χ4n) is 4.32. The lowest BCUT2D eigenvalue weighted by Crippen LogP contribution is -2.32. The van der Waals surface area contributed by atoms with Gasteiger partial charge in [0, 0.05) is 13.1 Å². The van der Waals surface area contributed by atoms with Gasteiger partial charge in [-0.05, 0) is 25.0 Å². The first kappa shape index (κ1) is 25.0. The van der Waals surface area contributed by atoms with Gasteiger partial charge in [-0.2, -0.15) is 8.42 Å². The topological polar surface area (TPSA) is 60.9 Å². The van der Waals surface area contributed by atoms with E-state index in [2.05, 4.69) is 34.9 Å². The van der Waals surface area contributed by atoms with Crippen LogP contribution in [0, 0.1) is 0 Å². The maximum Gasteiger partial charge on any atom is 0.264 e. The molecule has 1 heterocycles. The molecule has 0 aromatic heterocycles. The van der Waals surface area contributed by atoms with E-state index in [0.29, 0.717) is 13.0 Å². The normalized spacial score (nSPS) is 13.8. The van der Waals surface area contributed by atoms with Gasteiger partial charge in [0.15, 0.2) is 0 Å². The Bertz CT molecular complexity index is 693. The van der Waals surface area contributed by atoms with Crippen molar-refractivity contribution in [1.29, 1.82) is 0 Å². The molecule has 0 saturated carbocycles. The van der Waals surface area contributed by atoms with Crippen LogP contribution in [0.4, 0.5) is 11.4 Å². The molecule has 0 saturated heterocycles. The van der Waals surface area contributed by atoms with E-state index >= 15 is 0 Å². The highest BCUT2D eigenvalue weighted by molar-refractivity contribution is 7.85. The van der Waals surface area contributed by atoms with Crippen molar-refractivity contribution in [2.45, 2.75) is 90.4 Å². The maximum atomic E-state index is 11.0. The zero-order valence-electron chi connectivity index (χ0n) is 18.9. The lowest BCUT2D eigenvalue weighted by atomic mass is 10.1. The Balaban J connectivity index is 1.58. The average molecular weight is 439 g/mol. The van der Waals surface area contributed by atoms with Crippen molar-refractivity contribution >= 4 is 21.5 Å². The number of nitrogens with zero attached hydrogens (tertiary/aromatic N) is 2. The number of para-hydroxylation sites is 2. The Morgan fingerprint density at radius 1 is 0.733 bits per heavy atom. The quantitative estimate of drug-likeness (QED) is 0.230. The Morgan fingerprint density at radius 2 is 1.17 bits per heavy atom. The summed E-state index contributed by atoms with van der Waals surface area (Å²) in [5.74, 6) is -0.176. The van der Waals surface area contributed by atoms with Crippen LogP contribution in [0.25, 0.3) is 0 Å². The fourth-order valence-corrected chi connectivity index (χ4v) is 4.82. The van der Waals surface area contributed by atoms with Crippen LogP contribution in [-0.4, -0.2) is 38.5 Å². The summed E-state index contributed by atoms with van der Waals surface area (Å²) in [5, 5.41) is 0. The van der Waals surface area contributed by atoms with Crippen molar-refractivity contribution in [3.8, 4) is 0 Å². The number of hydrogen-bond donors (Lipinski definition) is 1. The van der Waals surface area contributed by atoms with E-state index in [-0.39, 0.29) is 5.75 Å². The molecule has 0 amide bonds. The van der Waals surface area contributed by atoms with E-state index in [1.165, 1.54) is 88.4 Å². The Kier molecular flexibility index (Phi) is 11.6. The van der Waals surface area contributed by atoms with Gasteiger partial charge in [0.25, 0.3) is 10.1 Å². The number of fused-ring (bicyclic) bond motifs is 1. The smallest absolute Gasteiger partial charge is 0.264 e. The van der Waals surface area contributed by atoms with Crippen LogP contribution in [0.5, 0.6) is 0 Å². The molecule has 1 aliphatic rings. The zero-order chi connectivity index (χ0) is 21.7. The highest BCUT2D eigenvalue weighted by Gasteiger charge is 2.24. The summed E-state index contributed by atoms with van der Waals surface area (Å²) in [7, 11) is -3.88. The highest BCUT2D eigenvalue weighted by atomic mass is 32.2. The van der Waals surface area contributed by atoms with Crippen molar-refractivity contribution in [3.05, 3.63) is 24.3 Å². The molecule has 0 aliphatic carbocycles. The highest BCUT2D eigenvalue weighted by Crippen LogP contribution is 2.35. The second kappa shape index (κ2) is 13.9. The molecule has 0 spiro atoms. The summed E-state index contributed by atoms with van der Waals surface area (Å²) < 4.78 is 30.9. The third-order valence-electron chi connectivity index (χ3n) is 6.02. The summed E-state index contributed by atoms with van der Waals surface area (Å²) in [4.78, 5) is 4.63. The first-order valence-electron chi connectivity index (χ1n) is 12.1. The molecule has 172 valence electrons. The minimum Gasteiger partial charge on any atom is -0.352 e. The third kappa shape index (κ3) is 9.69. The molecule has 1 aromatic carbocycles. The van der Waals surface area contributed by atoms with Crippen molar-refractivity contribution < 1.29 is 13.0 Å². The number of hydrogen-bond acceptors (Lipinski definition) is 4. The SMILES string of the molecule is CCCCCCCCCCCCCCN1CN(CCCS(=O)(=O)O)c2ccccc21. The van der Waals surface area contributed by atoms with Gasteiger partial charge in [0.1, 0.15) is 0 Å². The van der Waals surface area contributed by atoms with E-state index < -0.39 is 10.1 Å². The van der Waals surface area contributed by atoms with Gasteiger partial charge in [-0.3, -0.25) is 4.55 Å². The molecule has 6 heteroatoms. The first-order valence-corrected chi connectivity index (χ1v) is 13.7. The first-order chi connectivity index (χ1) is 14.5. The van der Waals surface area contributed by atoms with Crippen LogP contribution < -0.4 is 9.80 Å². The second-order valence-electron chi connectivity index (χ2n) is 8.69. The number of rotatable bonds is 17. The molecule has 1 aromatic rings. The molecule has 0 radical (unpaired) electrons. The molecule has 0 unspecified atom stereocenters. The lowest BCUT2D eigenvalue weighted by Gasteiger charge is -2.21. The number of anilines is 2. The van der Waals surface area contributed by atoms with Gasteiger partial charge < -0.3 is 9.80 Å². The molecule has 30 heavy (non-hydrogen) atoms. The van der Waals surface area contributed by atoms with E-state index in [4.69, 9.17) is 4.55 Å². The van der Waals surface area contributed by atoms with Gasteiger partial charge in [-0.1, -0.05) is 89.7 Å². The van der Waals surface area contributed by atoms with Gasteiger partial charge in [0.05, 0.1) is 23.8 Å². The van der Waals surface area contributed by atoms with Crippen molar-refractivity contribution in [2.24, 2.45) is 0 Å². The molecule has 5 nitrogen and oxygen atoms in total. The standard InChI is InChI=1S/C24H42N2O3S/c1-2-3-4-5-6-7-8-9-10-11-12-15-19-25-22-26(20-16-21-30(27,28)29)24-18-14-13-17-23(24)25/h13-14,17-18H,2-12,15-16,19-22H2,1H3,(H,27,28,29). The zero-order valence-corrected chi connectivity index (χ0v) is 19.7. The third-order valence-corrected chi connectivity index (χ3v) is 6.82. The van der Waals surface area contributed by atoms with Crippen LogP contribution >= 0.6 is 0 Å². The van der Waals surface area contributed by atoms with Gasteiger partial charge in [0.2, 0.25) is 0 Å². The van der Waals surface area contributed by atoms with Gasteiger partial charge in [-0.15, -0.1) is 0 Å². The van der Waals surface area contributed by atoms with Crippen LogP contribution in [0.1, 0.15) is 90.4 Å². The average Bonchev–Trinajstić information content (AvgIpc) is 3.06. The van der Waals surface area contributed by atoms with Crippen molar-refractivity contribution in [2.75, 3.05) is 35.3 Å². The van der Waals surface area contributed by atoms with E-state index in [1.807, 2.05) is 6.07 Å². The largest absolute Gasteiger partial charge is 0.352 e. The molecule has 1 N–H and O–H groups in total. The van der Waals surface area contributed by atoms with Gasteiger partial charge >= 0.3 is 0 Å². The second-order valence-corrected chi connectivity index (χ2v) is 10.3. The van der Waals surface area contributed by atoms with E-state index in [1.54, 1.807) is 0 Å². The van der Waals surface area contributed by atoms with Crippen molar-refractivity contribution in [1.82, 2.24) is 0 Å². The predicted octanol–water partition coefficient (Wildman–Crippen LogP) is 6.25. The monoisotopic (exact) mass is 438 g/mol. The van der Waals surface area contributed by atoms with Gasteiger partial charge in [-0.25, -0.2) is 0 Å². The molecule has 0 fully saturated rings. The molecule has 0 bridgehead atoms. The Labute approximate surface area is 184 Å². The minimum atomic E-state index is -3.88. The molecule has 2 rings (SSSR count). The molecular weight excluding hydrogens is 396 g/mol. The number of unbranched alkanes of at least 4 members (excludes halogenated alkanes) is 11. The lowest BCUT2D eigenvalue weighted by molar-refractivity contribution is 0.481. The molecule has 1 aliphatic heterocycles. The van der Waals surface area contributed by atoms with Crippen LogP contribution in [0.2, 0.25) is 0 Å². The minimum absolute atomic E-state index is 0.176. The van der Waals surface area contributed by atoms with Crippen molar-refractivity contribution in [3.63, 3.8) is 0 Å². The molecular formula is C24H42N2O3S. The molecule has 0 atom stereocenters.